The highest BCUT2D eigenvalue weighted by Gasteiger charge is 2.37. The van der Waals surface area contributed by atoms with Gasteiger partial charge in [0.05, 0.1) is 17.6 Å². The second-order valence-corrected chi connectivity index (χ2v) is 11.7. The van der Waals surface area contributed by atoms with Crippen molar-refractivity contribution in [2.45, 2.75) is 77.7 Å². The van der Waals surface area contributed by atoms with Gasteiger partial charge in [-0.1, -0.05) is 36.8 Å². The zero-order valence-electron chi connectivity index (χ0n) is 24.2. The molecule has 7 heteroatoms. The number of benzene rings is 2. The Labute approximate surface area is 238 Å². The van der Waals surface area contributed by atoms with Crippen LogP contribution in [0, 0.1) is 5.41 Å². The van der Waals surface area contributed by atoms with Crippen LogP contribution in [-0.4, -0.2) is 64.5 Å². The quantitative estimate of drug-likeness (QED) is 0.426. The van der Waals surface area contributed by atoms with Crippen molar-refractivity contribution in [3.8, 4) is 5.75 Å². The number of hydrogen-bond acceptors (Lipinski definition) is 4. The van der Waals surface area contributed by atoms with Crippen LogP contribution in [0.2, 0.25) is 0 Å². The van der Waals surface area contributed by atoms with E-state index < -0.39 is 0 Å². The molecule has 1 aromatic heterocycles. The van der Waals surface area contributed by atoms with Crippen LogP contribution in [0.3, 0.4) is 0 Å². The smallest absolute Gasteiger partial charge is 0.223 e. The first-order valence-corrected chi connectivity index (χ1v) is 15.1. The Morgan fingerprint density at radius 3 is 2.58 bits per heavy atom. The Morgan fingerprint density at radius 1 is 0.975 bits per heavy atom. The Bertz CT molecular complexity index is 1310. The van der Waals surface area contributed by atoms with Gasteiger partial charge in [-0.3, -0.25) is 9.59 Å². The number of piperidine rings is 1. The fraction of sp³-hybridized carbons (Fsp3) is 0.545. The number of carbonyl (C=O) groups excluding carboxylic acids is 2. The molecule has 1 spiro atoms. The Balaban J connectivity index is 1.21. The summed E-state index contributed by atoms with van der Waals surface area (Å²) in [6.07, 6.45) is 8.55. The number of para-hydroxylation sites is 3. The number of aromatic nitrogens is 2. The molecule has 0 bridgehead atoms. The highest BCUT2D eigenvalue weighted by molar-refractivity contribution is 5.78. The van der Waals surface area contributed by atoms with E-state index in [9.17, 15) is 9.59 Å². The van der Waals surface area contributed by atoms with Gasteiger partial charge in [0.2, 0.25) is 11.8 Å². The van der Waals surface area contributed by atoms with E-state index in [1.165, 1.54) is 5.56 Å². The Hall–Kier alpha value is -3.35. The van der Waals surface area contributed by atoms with Crippen LogP contribution >= 0.6 is 0 Å². The van der Waals surface area contributed by atoms with E-state index in [2.05, 4.69) is 29.7 Å². The molecular formula is C33H44N4O3. The third kappa shape index (κ3) is 6.51. The second-order valence-electron chi connectivity index (χ2n) is 11.7. The molecule has 0 N–H and O–H groups in total. The summed E-state index contributed by atoms with van der Waals surface area (Å²) in [5.41, 5.74) is 3.46. The summed E-state index contributed by atoms with van der Waals surface area (Å²) < 4.78 is 8.25. The molecule has 1 fully saturated rings. The molecule has 2 aliphatic heterocycles. The van der Waals surface area contributed by atoms with Crippen molar-refractivity contribution >= 4 is 22.8 Å². The summed E-state index contributed by atoms with van der Waals surface area (Å²) in [5, 5.41) is 0. The molecule has 0 radical (unpaired) electrons. The van der Waals surface area contributed by atoms with E-state index >= 15 is 0 Å². The molecule has 0 saturated carbocycles. The lowest BCUT2D eigenvalue weighted by Gasteiger charge is -2.44. The number of amides is 2. The highest BCUT2D eigenvalue weighted by Crippen LogP contribution is 2.38. The number of aryl methyl sites for hydroxylation is 3. The lowest BCUT2D eigenvalue weighted by Crippen LogP contribution is -2.48. The third-order valence-corrected chi connectivity index (χ3v) is 8.96. The summed E-state index contributed by atoms with van der Waals surface area (Å²) in [7, 11) is 1.95. The average molecular weight is 545 g/mol. The summed E-state index contributed by atoms with van der Waals surface area (Å²) >= 11 is 0. The van der Waals surface area contributed by atoms with E-state index in [4.69, 9.17) is 9.72 Å². The number of imidazole rings is 1. The minimum Gasteiger partial charge on any atom is -0.493 e. The van der Waals surface area contributed by atoms with Crippen molar-refractivity contribution in [1.29, 1.82) is 0 Å². The number of fused-ring (bicyclic) bond motifs is 2. The zero-order chi connectivity index (χ0) is 28.0. The molecule has 214 valence electrons. The highest BCUT2D eigenvalue weighted by atomic mass is 16.5. The molecule has 3 aromatic rings. The number of nitrogens with zero attached hydrogens (tertiary/aromatic N) is 4. The van der Waals surface area contributed by atoms with Gasteiger partial charge in [0.25, 0.3) is 0 Å². The van der Waals surface area contributed by atoms with Crippen molar-refractivity contribution in [3.05, 3.63) is 59.9 Å². The van der Waals surface area contributed by atoms with E-state index in [0.29, 0.717) is 25.9 Å². The van der Waals surface area contributed by atoms with E-state index in [0.717, 1.165) is 93.7 Å². The largest absolute Gasteiger partial charge is 0.493 e. The SMILES string of the molecule is CCn1c(CCC(=O)N2CCC3(CCCCc4ccccc4OCCCC(=O)N(C)C3)CC2)nc2ccccc21. The van der Waals surface area contributed by atoms with Gasteiger partial charge in [-0.15, -0.1) is 0 Å². The normalized spacial score (nSPS) is 18.8. The number of likely N-dealkylation sites (tertiary alicyclic amines) is 1. The molecular weight excluding hydrogens is 500 g/mol. The van der Waals surface area contributed by atoms with Crippen LogP contribution in [0.15, 0.2) is 48.5 Å². The van der Waals surface area contributed by atoms with Crippen LogP contribution in [0.5, 0.6) is 5.75 Å². The van der Waals surface area contributed by atoms with Crippen molar-refractivity contribution in [2.75, 3.05) is 33.3 Å². The minimum absolute atomic E-state index is 0.0670. The van der Waals surface area contributed by atoms with Crippen LogP contribution in [0.4, 0.5) is 0 Å². The van der Waals surface area contributed by atoms with E-state index in [1.54, 1.807) is 0 Å². The van der Waals surface area contributed by atoms with Crippen molar-refractivity contribution in [2.24, 2.45) is 5.41 Å². The lowest BCUT2D eigenvalue weighted by atomic mass is 9.73. The maximum atomic E-state index is 13.3. The Kier molecular flexibility index (Phi) is 9.08. The number of carbonyl (C=O) groups is 2. The molecule has 0 atom stereocenters. The predicted molar refractivity (Wildman–Crippen MR) is 158 cm³/mol. The molecule has 2 aromatic carbocycles. The van der Waals surface area contributed by atoms with Gasteiger partial charge < -0.3 is 19.1 Å². The fourth-order valence-corrected chi connectivity index (χ4v) is 6.62. The summed E-state index contributed by atoms with van der Waals surface area (Å²) in [6.45, 7) is 5.84. The van der Waals surface area contributed by atoms with E-state index in [-0.39, 0.29) is 17.2 Å². The molecule has 3 heterocycles. The first-order chi connectivity index (χ1) is 19.5. The fourth-order valence-electron chi connectivity index (χ4n) is 6.62. The summed E-state index contributed by atoms with van der Waals surface area (Å²) in [6, 6.07) is 16.5. The predicted octanol–water partition coefficient (Wildman–Crippen LogP) is 5.64. The monoisotopic (exact) mass is 544 g/mol. The van der Waals surface area contributed by atoms with Gasteiger partial charge in [0.15, 0.2) is 0 Å². The number of rotatable bonds is 4. The van der Waals surface area contributed by atoms with Gasteiger partial charge in [0.1, 0.15) is 11.6 Å². The Morgan fingerprint density at radius 2 is 1.75 bits per heavy atom. The van der Waals surface area contributed by atoms with Gasteiger partial charge in [-0.2, -0.15) is 0 Å². The molecule has 0 aliphatic carbocycles. The molecule has 5 rings (SSSR count). The zero-order valence-corrected chi connectivity index (χ0v) is 24.2. The summed E-state index contributed by atoms with van der Waals surface area (Å²) in [5.74, 6) is 2.34. The standard InChI is InChI=1S/C33H44N4O3/c1-3-37-28-14-6-5-13-27(28)34-30(37)17-18-32(39)36-22-20-33(21-23-36)19-9-8-12-26-11-4-7-15-29(26)40-24-10-16-31(38)35(2)25-33/h4-7,11,13-15H,3,8-10,12,16-25H2,1-2H3. The maximum Gasteiger partial charge on any atom is 0.223 e. The first kappa shape index (κ1) is 28.2. The molecule has 2 aliphatic rings. The van der Waals surface area contributed by atoms with Crippen LogP contribution in [-0.2, 0) is 29.0 Å². The molecule has 0 unspecified atom stereocenters. The third-order valence-electron chi connectivity index (χ3n) is 8.96. The number of hydrogen-bond donors (Lipinski definition) is 0. The van der Waals surface area contributed by atoms with E-state index in [1.807, 2.05) is 47.2 Å². The maximum absolute atomic E-state index is 13.3. The van der Waals surface area contributed by atoms with Gasteiger partial charge in [-0.05, 0) is 74.6 Å². The van der Waals surface area contributed by atoms with Crippen molar-refractivity contribution in [1.82, 2.24) is 19.4 Å². The first-order valence-electron chi connectivity index (χ1n) is 15.1. The van der Waals surface area contributed by atoms with Crippen LogP contribution < -0.4 is 4.74 Å². The van der Waals surface area contributed by atoms with Gasteiger partial charge in [0, 0.05) is 52.5 Å². The van der Waals surface area contributed by atoms with Gasteiger partial charge in [-0.25, -0.2) is 4.98 Å². The van der Waals surface area contributed by atoms with Crippen LogP contribution in [0.1, 0.15) is 69.7 Å². The second kappa shape index (κ2) is 12.9. The minimum atomic E-state index is 0.0670. The molecule has 1 saturated heterocycles. The number of ether oxygens (including phenoxy) is 1. The van der Waals surface area contributed by atoms with Gasteiger partial charge >= 0.3 is 0 Å². The lowest BCUT2D eigenvalue weighted by molar-refractivity contribution is -0.136. The van der Waals surface area contributed by atoms with Crippen LogP contribution in [0.25, 0.3) is 11.0 Å². The molecule has 2 amide bonds. The van der Waals surface area contributed by atoms with Crippen molar-refractivity contribution < 1.29 is 14.3 Å². The topological polar surface area (TPSA) is 67.7 Å². The van der Waals surface area contributed by atoms with Crippen molar-refractivity contribution in [3.63, 3.8) is 0 Å². The average Bonchev–Trinajstić information content (AvgIpc) is 3.34. The molecule has 7 nitrogen and oxygen atoms in total. The summed E-state index contributed by atoms with van der Waals surface area (Å²) in [4.78, 5) is 35.0. The molecule has 40 heavy (non-hydrogen) atoms.